The van der Waals surface area contributed by atoms with Gasteiger partial charge in [0, 0.05) is 29.9 Å². The highest BCUT2D eigenvalue weighted by molar-refractivity contribution is 6.05. The lowest BCUT2D eigenvalue weighted by Crippen LogP contribution is -2.40. The molecule has 1 aliphatic carbocycles. The van der Waals surface area contributed by atoms with E-state index in [-0.39, 0.29) is 11.8 Å². The first-order valence-corrected chi connectivity index (χ1v) is 10.7. The monoisotopic (exact) mass is 408 g/mol. The summed E-state index contributed by atoms with van der Waals surface area (Å²) >= 11 is 0. The van der Waals surface area contributed by atoms with Crippen molar-refractivity contribution in [2.45, 2.75) is 25.7 Å². The van der Waals surface area contributed by atoms with Crippen LogP contribution in [-0.4, -0.2) is 49.6 Å². The predicted octanol–water partition coefficient (Wildman–Crippen LogP) is 3.98. The second-order valence-electron chi connectivity index (χ2n) is 7.93. The molecule has 0 radical (unpaired) electrons. The van der Waals surface area contributed by atoms with Gasteiger partial charge in [0.15, 0.2) is 0 Å². The molecule has 2 aromatic carbocycles. The summed E-state index contributed by atoms with van der Waals surface area (Å²) in [7, 11) is 0. The molecule has 30 heavy (non-hydrogen) atoms. The van der Waals surface area contributed by atoms with E-state index in [2.05, 4.69) is 5.32 Å². The number of amides is 2. The van der Waals surface area contributed by atoms with Crippen LogP contribution < -0.4 is 10.1 Å². The van der Waals surface area contributed by atoms with E-state index in [1.54, 1.807) is 41.3 Å². The Bertz CT molecular complexity index is 886. The molecule has 0 spiro atoms. The number of benzene rings is 2. The van der Waals surface area contributed by atoms with Crippen LogP contribution in [0.25, 0.3) is 0 Å². The van der Waals surface area contributed by atoms with Crippen LogP contribution in [0.5, 0.6) is 5.75 Å². The van der Waals surface area contributed by atoms with Gasteiger partial charge < -0.3 is 19.7 Å². The maximum atomic E-state index is 12.7. The maximum Gasteiger partial charge on any atom is 0.255 e. The molecule has 1 saturated carbocycles. The lowest BCUT2D eigenvalue weighted by atomic mass is 10.1. The van der Waals surface area contributed by atoms with Gasteiger partial charge in [-0.3, -0.25) is 9.59 Å². The summed E-state index contributed by atoms with van der Waals surface area (Å²) in [4.78, 5) is 27.2. The highest BCUT2D eigenvalue weighted by Crippen LogP contribution is 2.26. The van der Waals surface area contributed by atoms with Crippen molar-refractivity contribution in [2.24, 2.45) is 5.92 Å². The number of carbonyl (C=O) groups is 2. The zero-order valence-corrected chi connectivity index (χ0v) is 17.1. The average molecular weight is 408 g/mol. The van der Waals surface area contributed by atoms with Gasteiger partial charge in [0.25, 0.3) is 11.8 Å². The number of morpholine rings is 1. The highest BCUT2D eigenvalue weighted by Gasteiger charge is 2.19. The van der Waals surface area contributed by atoms with Gasteiger partial charge in [0.1, 0.15) is 5.75 Å². The second-order valence-corrected chi connectivity index (χ2v) is 7.93. The SMILES string of the molecule is O=C(Nc1cccc(C(=O)N2CCOCC2)c1)c1cccc(OCC2CCCC2)c1. The van der Waals surface area contributed by atoms with Crippen molar-refractivity contribution in [3.05, 3.63) is 59.7 Å². The molecular weight excluding hydrogens is 380 g/mol. The third-order valence-electron chi connectivity index (χ3n) is 5.72. The van der Waals surface area contributed by atoms with Crippen molar-refractivity contribution in [3.8, 4) is 5.75 Å². The van der Waals surface area contributed by atoms with E-state index < -0.39 is 0 Å². The van der Waals surface area contributed by atoms with Gasteiger partial charge in [0.2, 0.25) is 0 Å². The van der Waals surface area contributed by atoms with Crippen molar-refractivity contribution in [3.63, 3.8) is 0 Å². The van der Waals surface area contributed by atoms with Crippen molar-refractivity contribution in [2.75, 3.05) is 38.2 Å². The average Bonchev–Trinajstić information content (AvgIpc) is 3.32. The smallest absolute Gasteiger partial charge is 0.255 e. The number of hydrogen-bond acceptors (Lipinski definition) is 4. The van der Waals surface area contributed by atoms with Crippen LogP contribution >= 0.6 is 0 Å². The molecule has 0 unspecified atom stereocenters. The third kappa shape index (κ3) is 5.19. The first-order chi connectivity index (χ1) is 14.7. The Morgan fingerprint density at radius 3 is 2.53 bits per heavy atom. The molecule has 2 aliphatic rings. The van der Waals surface area contributed by atoms with E-state index in [0.717, 1.165) is 0 Å². The highest BCUT2D eigenvalue weighted by atomic mass is 16.5. The summed E-state index contributed by atoms with van der Waals surface area (Å²) in [5.41, 5.74) is 1.68. The van der Waals surface area contributed by atoms with Gasteiger partial charge >= 0.3 is 0 Å². The van der Waals surface area contributed by atoms with E-state index in [9.17, 15) is 9.59 Å². The Balaban J connectivity index is 1.38. The Morgan fingerprint density at radius 2 is 1.73 bits per heavy atom. The molecule has 4 rings (SSSR count). The minimum Gasteiger partial charge on any atom is -0.493 e. The second kappa shape index (κ2) is 9.76. The Kier molecular flexibility index (Phi) is 6.64. The number of anilines is 1. The minimum absolute atomic E-state index is 0.0447. The van der Waals surface area contributed by atoms with Crippen LogP contribution in [0.2, 0.25) is 0 Å². The lowest BCUT2D eigenvalue weighted by molar-refractivity contribution is 0.0303. The van der Waals surface area contributed by atoms with E-state index in [1.807, 2.05) is 12.1 Å². The maximum absolute atomic E-state index is 12.7. The van der Waals surface area contributed by atoms with Gasteiger partial charge in [-0.25, -0.2) is 0 Å². The summed E-state index contributed by atoms with van der Waals surface area (Å²) in [5, 5.41) is 2.89. The molecule has 1 saturated heterocycles. The van der Waals surface area contributed by atoms with Crippen LogP contribution in [0.1, 0.15) is 46.4 Å². The van der Waals surface area contributed by atoms with Crippen LogP contribution in [0.4, 0.5) is 5.69 Å². The summed E-state index contributed by atoms with van der Waals surface area (Å²) in [6, 6.07) is 14.3. The van der Waals surface area contributed by atoms with Crippen molar-refractivity contribution in [1.29, 1.82) is 0 Å². The molecule has 2 fully saturated rings. The van der Waals surface area contributed by atoms with Crippen molar-refractivity contribution < 1.29 is 19.1 Å². The number of nitrogens with zero attached hydrogens (tertiary/aromatic N) is 1. The van der Waals surface area contributed by atoms with Gasteiger partial charge in [0.05, 0.1) is 19.8 Å². The Hall–Kier alpha value is -2.86. The molecule has 6 heteroatoms. The molecule has 1 heterocycles. The number of rotatable bonds is 6. The summed E-state index contributed by atoms with van der Waals surface area (Å²) in [6.45, 7) is 2.99. The van der Waals surface area contributed by atoms with Crippen LogP contribution in [-0.2, 0) is 4.74 Å². The van der Waals surface area contributed by atoms with E-state index >= 15 is 0 Å². The molecule has 2 amide bonds. The zero-order valence-electron chi connectivity index (χ0n) is 17.1. The van der Waals surface area contributed by atoms with Gasteiger partial charge in [-0.15, -0.1) is 0 Å². The minimum atomic E-state index is -0.225. The molecule has 0 bridgehead atoms. The number of carbonyl (C=O) groups excluding carboxylic acids is 2. The normalized spacial score (nSPS) is 17.0. The number of nitrogens with one attached hydrogen (secondary N) is 1. The van der Waals surface area contributed by atoms with Gasteiger partial charge in [-0.05, 0) is 55.2 Å². The molecular formula is C24H28N2O4. The fourth-order valence-corrected chi connectivity index (χ4v) is 4.00. The number of hydrogen-bond donors (Lipinski definition) is 1. The predicted molar refractivity (Wildman–Crippen MR) is 115 cm³/mol. The topological polar surface area (TPSA) is 67.9 Å². The van der Waals surface area contributed by atoms with Crippen molar-refractivity contribution >= 4 is 17.5 Å². The van der Waals surface area contributed by atoms with Gasteiger partial charge in [-0.1, -0.05) is 25.0 Å². The quantitative estimate of drug-likeness (QED) is 0.785. The van der Waals surface area contributed by atoms with Crippen LogP contribution in [0, 0.1) is 5.92 Å². The van der Waals surface area contributed by atoms with E-state index in [1.165, 1.54) is 25.7 Å². The van der Waals surface area contributed by atoms with Crippen LogP contribution in [0.3, 0.4) is 0 Å². The Morgan fingerprint density at radius 1 is 1.00 bits per heavy atom. The zero-order chi connectivity index (χ0) is 20.8. The molecule has 158 valence electrons. The van der Waals surface area contributed by atoms with Crippen molar-refractivity contribution in [1.82, 2.24) is 4.90 Å². The largest absolute Gasteiger partial charge is 0.493 e. The van der Waals surface area contributed by atoms with E-state index in [4.69, 9.17) is 9.47 Å². The standard InChI is InChI=1S/C24H28N2O4/c27-23(19-7-4-10-22(16-19)30-17-18-5-1-2-6-18)25-21-9-3-8-20(15-21)24(28)26-11-13-29-14-12-26/h3-4,7-10,15-16,18H,1-2,5-6,11-14,17H2,(H,25,27). The summed E-state index contributed by atoms with van der Waals surface area (Å²) < 4.78 is 11.2. The van der Waals surface area contributed by atoms with E-state index in [0.29, 0.717) is 61.4 Å². The number of ether oxygens (including phenoxy) is 2. The fraction of sp³-hybridized carbons (Fsp3) is 0.417. The van der Waals surface area contributed by atoms with Gasteiger partial charge in [-0.2, -0.15) is 0 Å². The Labute approximate surface area is 177 Å². The molecule has 0 atom stereocenters. The molecule has 1 N–H and O–H groups in total. The first kappa shape index (κ1) is 20.4. The first-order valence-electron chi connectivity index (χ1n) is 10.7. The fourth-order valence-electron chi connectivity index (χ4n) is 4.00. The molecule has 6 nitrogen and oxygen atoms in total. The molecule has 1 aliphatic heterocycles. The summed E-state index contributed by atoms with van der Waals surface area (Å²) in [5.74, 6) is 1.06. The summed E-state index contributed by atoms with van der Waals surface area (Å²) in [6.07, 6.45) is 5.01. The molecule has 2 aromatic rings. The lowest BCUT2D eigenvalue weighted by Gasteiger charge is -2.27. The van der Waals surface area contributed by atoms with Crippen LogP contribution in [0.15, 0.2) is 48.5 Å². The third-order valence-corrected chi connectivity index (χ3v) is 5.72. The molecule has 0 aromatic heterocycles.